The Kier molecular flexibility index (Phi) is 2.54. The zero-order chi connectivity index (χ0) is 10.1. The standard InChI is InChI=1S/C10H7ClO2S/c11-10-8(5-13)7-3-6(4-12)1-2-9(7)14-10/h1-4,13H,5H2. The first-order valence-corrected chi connectivity index (χ1v) is 5.22. The Balaban J connectivity index is 2.77. The SMILES string of the molecule is O=Cc1ccc2sc(Cl)c(CO)c2c1. The quantitative estimate of drug-likeness (QED) is 0.800. The summed E-state index contributed by atoms with van der Waals surface area (Å²) in [5.41, 5.74) is 1.30. The van der Waals surface area contributed by atoms with Gasteiger partial charge in [-0.1, -0.05) is 17.7 Å². The zero-order valence-electron chi connectivity index (χ0n) is 7.16. The number of rotatable bonds is 2. The molecule has 0 fully saturated rings. The van der Waals surface area contributed by atoms with Crippen molar-refractivity contribution in [2.24, 2.45) is 0 Å². The molecule has 2 nitrogen and oxygen atoms in total. The summed E-state index contributed by atoms with van der Waals surface area (Å²) in [5.74, 6) is 0. The van der Waals surface area contributed by atoms with Crippen molar-refractivity contribution in [1.82, 2.24) is 0 Å². The van der Waals surface area contributed by atoms with E-state index in [1.165, 1.54) is 11.3 Å². The molecule has 0 radical (unpaired) electrons. The largest absolute Gasteiger partial charge is 0.392 e. The second-order valence-corrected chi connectivity index (χ2v) is 4.54. The molecule has 0 aliphatic rings. The maximum Gasteiger partial charge on any atom is 0.150 e. The Bertz CT molecular complexity index is 490. The van der Waals surface area contributed by atoms with Crippen molar-refractivity contribution < 1.29 is 9.90 Å². The van der Waals surface area contributed by atoms with E-state index in [-0.39, 0.29) is 6.61 Å². The Morgan fingerprint density at radius 2 is 2.29 bits per heavy atom. The van der Waals surface area contributed by atoms with Crippen LogP contribution in [0.4, 0.5) is 0 Å². The highest BCUT2D eigenvalue weighted by Crippen LogP contribution is 2.35. The summed E-state index contributed by atoms with van der Waals surface area (Å²) in [5, 5.41) is 9.97. The number of hydrogen-bond donors (Lipinski definition) is 1. The van der Waals surface area contributed by atoms with Gasteiger partial charge >= 0.3 is 0 Å². The molecule has 0 aliphatic carbocycles. The van der Waals surface area contributed by atoms with Crippen molar-refractivity contribution in [3.63, 3.8) is 0 Å². The van der Waals surface area contributed by atoms with Gasteiger partial charge in [-0.25, -0.2) is 0 Å². The average molecular weight is 227 g/mol. The third-order valence-electron chi connectivity index (χ3n) is 2.06. The molecule has 0 aliphatic heterocycles. The Morgan fingerprint density at radius 1 is 1.50 bits per heavy atom. The van der Waals surface area contributed by atoms with Crippen LogP contribution in [0.2, 0.25) is 4.34 Å². The molecule has 2 aromatic rings. The van der Waals surface area contributed by atoms with Gasteiger partial charge in [0.25, 0.3) is 0 Å². The van der Waals surface area contributed by atoms with E-state index < -0.39 is 0 Å². The summed E-state index contributed by atoms with van der Waals surface area (Å²) in [6, 6.07) is 5.33. The molecule has 0 spiro atoms. The minimum Gasteiger partial charge on any atom is -0.392 e. The molecular weight excluding hydrogens is 220 g/mol. The van der Waals surface area contributed by atoms with Crippen molar-refractivity contribution in [1.29, 1.82) is 0 Å². The summed E-state index contributed by atoms with van der Waals surface area (Å²) in [6.07, 6.45) is 0.784. The third kappa shape index (κ3) is 1.43. The lowest BCUT2D eigenvalue weighted by Crippen LogP contribution is -1.82. The molecule has 2 rings (SSSR count). The maximum absolute atomic E-state index is 10.6. The van der Waals surface area contributed by atoms with Crippen LogP contribution < -0.4 is 0 Å². The molecule has 1 aromatic carbocycles. The van der Waals surface area contributed by atoms with Crippen LogP contribution in [0.1, 0.15) is 15.9 Å². The fourth-order valence-electron chi connectivity index (χ4n) is 1.36. The summed E-state index contributed by atoms with van der Waals surface area (Å²) >= 11 is 7.35. The van der Waals surface area contributed by atoms with Gasteiger partial charge in [-0.3, -0.25) is 4.79 Å². The average Bonchev–Trinajstić information content (AvgIpc) is 2.52. The van der Waals surface area contributed by atoms with Crippen LogP contribution in [0.3, 0.4) is 0 Å². The molecule has 0 amide bonds. The van der Waals surface area contributed by atoms with Gasteiger partial charge < -0.3 is 5.11 Å². The van der Waals surface area contributed by atoms with Crippen LogP contribution in [-0.2, 0) is 6.61 Å². The minimum absolute atomic E-state index is 0.0961. The van der Waals surface area contributed by atoms with Crippen LogP contribution >= 0.6 is 22.9 Å². The van der Waals surface area contributed by atoms with Crippen LogP contribution in [0.15, 0.2) is 18.2 Å². The molecule has 72 valence electrons. The van der Waals surface area contributed by atoms with Gasteiger partial charge in [-0.05, 0) is 12.1 Å². The van der Waals surface area contributed by atoms with Crippen molar-refractivity contribution >= 4 is 39.3 Å². The lowest BCUT2D eigenvalue weighted by Gasteiger charge is -1.95. The molecule has 1 aromatic heterocycles. The molecule has 0 unspecified atom stereocenters. The first kappa shape index (κ1) is 9.65. The third-order valence-corrected chi connectivity index (χ3v) is 3.52. The normalized spacial score (nSPS) is 10.7. The highest BCUT2D eigenvalue weighted by Gasteiger charge is 2.09. The van der Waals surface area contributed by atoms with E-state index in [0.717, 1.165) is 16.4 Å². The zero-order valence-corrected chi connectivity index (χ0v) is 8.73. The van der Waals surface area contributed by atoms with Crippen LogP contribution in [0.25, 0.3) is 10.1 Å². The molecule has 1 heterocycles. The minimum atomic E-state index is -0.0961. The summed E-state index contributed by atoms with van der Waals surface area (Å²) < 4.78 is 1.58. The van der Waals surface area contributed by atoms with E-state index in [9.17, 15) is 4.79 Å². The maximum atomic E-state index is 10.6. The van der Waals surface area contributed by atoms with Crippen molar-refractivity contribution in [3.8, 4) is 0 Å². The van der Waals surface area contributed by atoms with E-state index >= 15 is 0 Å². The van der Waals surface area contributed by atoms with Crippen molar-refractivity contribution in [3.05, 3.63) is 33.7 Å². The number of benzene rings is 1. The van der Waals surface area contributed by atoms with Crippen molar-refractivity contribution in [2.75, 3.05) is 0 Å². The number of aliphatic hydroxyl groups excluding tert-OH is 1. The van der Waals surface area contributed by atoms with E-state index in [2.05, 4.69) is 0 Å². The number of halogens is 1. The number of carbonyl (C=O) groups is 1. The predicted octanol–water partition coefficient (Wildman–Crippen LogP) is 2.86. The fourth-order valence-corrected chi connectivity index (χ4v) is 2.69. The first-order chi connectivity index (χ1) is 6.76. The van der Waals surface area contributed by atoms with Gasteiger partial charge in [-0.2, -0.15) is 0 Å². The number of carbonyl (C=O) groups excluding carboxylic acids is 1. The van der Waals surface area contributed by atoms with Gasteiger partial charge in [0.05, 0.1) is 10.9 Å². The molecule has 0 saturated carbocycles. The molecule has 0 atom stereocenters. The van der Waals surface area contributed by atoms with Crippen LogP contribution in [-0.4, -0.2) is 11.4 Å². The Hall–Kier alpha value is -0.900. The topological polar surface area (TPSA) is 37.3 Å². The molecule has 0 saturated heterocycles. The molecule has 1 N–H and O–H groups in total. The second kappa shape index (κ2) is 3.69. The first-order valence-electron chi connectivity index (χ1n) is 4.03. The van der Waals surface area contributed by atoms with Gasteiger partial charge in [0.1, 0.15) is 6.29 Å². The molecular formula is C10H7ClO2S. The molecule has 0 bridgehead atoms. The summed E-state index contributed by atoms with van der Waals surface area (Å²) in [4.78, 5) is 10.6. The monoisotopic (exact) mass is 226 g/mol. The van der Waals surface area contributed by atoms with Crippen LogP contribution in [0, 0.1) is 0 Å². The number of fused-ring (bicyclic) bond motifs is 1. The van der Waals surface area contributed by atoms with Gasteiger partial charge in [0.2, 0.25) is 0 Å². The van der Waals surface area contributed by atoms with E-state index in [1.54, 1.807) is 12.1 Å². The summed E-state index contributed by atoms with van der Waals surface area (Å²) in [7, 11) is 0. The van der Waals surface area contributed by atoms with Gasteiger partial charge in [0.15, 0.2) is 0 Å². The van der Waals surface area contributed by atoms with Crippen LogP contribution in [0.5, 0.6) is 0 Å². The number of hydrogen-bond acceptors (Lipinski definition) is 3. The lowest BCUT2D eigenvalue weighted by molar-refractivity contribution is 0.112. The summed E-state index contributed by atoms with van der Waals surface area (Å²) in [6.45, 7) is -0.0961. The smallest absolute Gasteiger partial charge is 0.150 e. The van der Waals surface area contributed by atoms with Crippen molar-refractivity contribution in [2.45, 2.75) is 6.61 Å². The Morgan fingerprint density at radius 3 is 2.93 bits per heavy atom. The number of aliphatic hydroxyl groups is 1. The molecule has 14 heavy (non-hydrogen) atoms. The molecule has 4 heteroatoms. The fraction of sp³-hybridized carbons (Fsp3) is 0.100. The van der Waals surface area contributed by atoms with E-state index in [4.69, 9.17) is 16.7 Å². The van der Waals surface area contributed by atoms with E-state index in [1.807, 2.05) is 6.07 Å². The number of aldehydes is 1. The highest BCUT2D eigenvalue weighted by molar-refractivity contribution is 7.22. The second-order valence-electron chi connectivity index (χ2n) is 2.89. The van der Waals surface area contributed by atoms with E-state index in [0.29, 0.717) is 15.5 Å². The van der Waals surface area contributed by atoms with Gasteiger partial charge in [0, 0.05) is 21.2 Å². The number of thiophene rings is 1. The highest BCUT2D eigenvalue weighted by atomic mass is 35.5. The van der Waals surface area contributed by atoms with Gasteiger partial charge in [-0.15, -0.1) is 11.3 Å². The Labute approximate surface area is 89.7 Å². The lowest BCUT2D eigenvalue weighted by atomic mass is 10.1. The predicted molar refractivity (Wildman–Crippen MR) is 58.1 cm³/mol.